The van der Waals surface area contributed by atoms with E-state index in [2.05, 4.69) is 0 Å². The lowest BCUT2D eigenvalue weighted by atomic mass is 9.96. The molecule has 0 bridgehead atoms. The van der Waals surface area contributed by atoms with Crippen LogP contribution in [0.25, 0.3) is 0 Å². The van der Waals surface area contributed by atoms with Gasteiger partial charge in [-0.3, -0.25) is 0 Å². The van der Waals surface area contributed by atoms with Crippen LogP contribution in [0.3, 0.4) is 0 Å². The van der Waals surface area contributed by atoms with Crippen LogP contribution in [0.4, 0.5) is 0 Å². The highest BCUT2D eigenvalue weighted by molar-refractivity contribution is 5.93. The smallest absolute Gasteiger partial charge is 0.338 e. The van der Waals surface area contributed by atoms with Crippen molar-refractivity contribution >= 4 is 41.8 Å². The summed E-state index contributed by atoms with van der Waals surface area (Å²) >= 11 is 0. The molecule has 2 aliphatic heterocycles. The van der Waals surface area contributed by atoms with E-state index < -0.39 is 116 Å². The number of benzene rings is 7. The number of hydrogen-bond acceptors (Lipinski definition) is 18. The number of hydrogen-bond donors (Lipinski definition) is 1. The average Bonchev–Trinajstić information content (AvgIpc) is 3.62. The molecule has 0 aromatic heterocycles. The van der Waals surface area contributed by atoms with Gasteiger partial charge in [0.2, 0.25) is 6.29 Å². The van der Waals surface area contributed by atoms with E-state index in [9.17, 15) is 38.7 Å². The summed E-state index contributed by atoms with van der Waals surface area (Å²) in [6, 6.07) is 54.3. The molecule has 7 aromatic carbocycles. The standard InChI is InChI=1S/C61H50O18/c62-47-50(76-57(67)42-30-16-5-17-31-42)48(74-55(65)40-26-12-3-13-27-40)45(36-70-53(63)38-22-8-1-9-23-38)72-60(47)79-61-52(78-59(69)44-34-20-7-21-35-44)51(77-58(68)43-32-18-6-19-33-43)49(75-56(66)41-28-14-4-15-29-41)46(73-61)37-71-54(64)39-24-10-2-11-25-39/h1-35,45-52,60-62H,36-37H2/t45-,46-,47+,48-,49-,50-,51+,52+,60-,61+/m1/s1. The number of esters is 7. The van der Waals surface area contributed by atoms with Crippen LogP contribution >= 0.6 is 0 Å². The second-order valence-corrected chi connectivity index (χ2v) is 17.8. The van der Waals surface area contributed by atoms with Crippen LogP contribution < -0.4 is 0 Å². The maximum atomic E-state index is 14.3. The van der Waals surface area contributed by atoms with Crippen molar-refractivity contribution in [3.05, 3.63) is 251 Å². The molecular weight excluding hydrogens is 1020 g/mol. The molecule has 0 spiro atoms. The van der Waals surface area contributed by atoms with Gasteiger partial charge in [0, 0.05) is 0 Å². The van der Waals surface area contributed by atoms with Crippen LogP contribution in [0, 0.1) is 0 Å². The molecule has 402 valence electrons. The number of carbonyl (C=O) groups excluding carboxylic acids is 7. The van der Waals surface area contributed by atoms with E-state index >= 15 is 0 Å². The number of rotatable bonds is 18. The van der Waals surface area contributed by atoms with Crippen molar-refractivity contribution in [1.29, 1.82) is 0 Å². The SMILES string of the molecule is O=C(OC[C@H]1O[C@@H](O[C@H]2O[C@H](COC(=O)c3ccccc3)[C@@H](OC(=O)c3ccccc3)[C@H](OC(=O)c3ccccc3)[C@@H]2O)[C@@H](OC(=O)c2ccccc2)[C@@H](OC(=O)c2ccccc2)[C@@H]1OC(=O)c1ccccc1)c1ccccc1. The fourth-order valence-corrected chi connectivity index (χ4v) is 8.53. The highest BCUT2D eigenvalue weighted by Crippen LogP contribution is 2.36. The summed E-state index contributed by atoms with van der Waals surface area (Å²) in [6.07, 6.45) is -18.9. The molecule has 10 atom stereocenters. The van der Waals surface area contributed by atoms with Gasteiger partial charge in [0.25, 0.3) is 0 Å². The highest BCUT2D eigenvalue weighted by Gasteiger charge is 2.57. The van der Waals surface area contributed by atoms with Crippen LogP contribution in [0.5, 0.6) is 0 Å². The fraction of sp³-hybridized carbons (Fsp3) is 0.197. The number of carbonyl (C=O) groups is 7. The van der Waals surface area contributed by atoms with E-state index in [0.29, 0.717) is 0 Å². The first-order chi connectivity index (χ1) is 38.5. The zero-order valence-corrected chi connectivity index (χ0v) is 41.8. The maximum absolute atomic E-state index is 14.3. The Bertz CT molecular complexity index is 3170. The van der Waals surface area contributed by atoms with E-state index in [1.807, 2.05) is 0 Å². The Hall–Kier alpha value is -9.33. The van der Waals surface area contributed by atoms with Gasteiger partial charge in [0.1, 0.15) is 31.5 Å². The molecule has 2 fully saturated rings. The minimum absolute atomic E-state index is 0.00339. The lowest BCUT2D eigenvalue weighted by molar-refractivity contribution is -0.373. The van der Waals surface area contributed by atoms with Gasteiger partial charge in [-0.2, -0.15) is 0 Å². The van der Waals surface area contributed by atoms with E-state index in [1.165, 1.54) is 84.9 Å². The molecule has 1 N–H and O–H groups in total. The van der Waals surface area contributed by atoms with E-state index in [1.54, 1.807) is 127 Å². The predicted octanol–water partition coefficient (Wildman–Crippen LogP) is 7.66. The van der Waals surface area contributed by atoms with Crippen molar-refractivity contribution < 1.29 is 86.0 Å². The second kappa shape index (κ2) is 26.1. The number of aliphatic hydroxyl groups excluding tert-OH is 1. The predicted molar refractivity (Wildman–Crippen MR) is 276 cm³/mol. The quantitative estimate of drug-likeness (QED) is 0.0642. The number of aliphatic hydroxyl groups is 1. The lowest BCUT2D eigenvalue weighted by Gasteiger charge is -2.47. The van der Waals surface area contributed by atoms with E-state index in [-0.39, 0.29) is 38.9 Å². The van der Waals surface area contributed by atoms with Crippen molar-refractivity contribution in [3.8, 4) is 0 Å². The second-order valence-electron chi connectivity index (χ2n) is 17.8. The molecule has 0 saturated carbocycles. The zero-order chi connectivity index (χ0) is 55.1. The van der Waals surface area contributed by atoms with E-state index in [4.69, 9.17) is 47.4 Å². The summed E-state index contributed by atoms with van der Waals surface area (Å²) in [5.74, 6) is -6.61. The Labute approximate surface area is 452 Å². The first kappa shape index (κ1) is 54.5. The molecule has 0 amide bonds. The maximum Gasteiger partial charge on any atom is 0.338 e. The molecule has 7 aromatic rings. The minimum Gasteiger partial charge on any atom is -0.459 e. The normalized spacial score (nSPS) is 22.4. The van der Waals surface area contributed by atoms with Crippen LogP contribution in [0.15, 0.2) is 212 Å². The van der Waals surface area contributed by atoms with Crippen molar-refractivity contribution in [1.82, 2.24) is 0 Å². The zero-order valence-electron chi connectivity index (χ0n) is 41.8. The van der Waals surface area contributed by atoms with Crippen LogP contribution in [0.1, 0.15) is 72.5 Å². The van der Waals surface area contributed by atoms with Crippen LogP contribution in [0.2, 0.25) is 0 Å². The third kappa shape index (κ3) is 13.8. The largest absolute Gasteiger partial charge is 0.459 e. The van der Waals surface area contributed by atoms with Gasteiger partial charge in [-0.1, -0.05) is 127 Å². The summed E-state index contributed by atoms with van der Waals surface area (Å²) in [5, 5.41) is 12.5. The molecule has 2 saturated heterocycles. The molecule has 18 heteroatoms. The van der Waals surface area contributed by atoms with Crippen molar-refractivity contribution in [2.75, 3.05) is 13.2 Å². The molecule has 0 aliphatic carbocycles. The Kier molecular flexibility index (Phi) is 18.0. The molecule has 79 heavy (non-hydrogen) atoms. The highest BCUT2D eigenvalue weighted by atomic mass is 16.8. The first-order valence-corrected chi connectivity index (χ1v) is 24.9. The Morgan fingerprint density at radius 1 is 0.304 bits per heavy atom. The minimum atomic E-state index is -2.15. The Balaban J connectivity index is 1.14. The van der Waals surface area contributed by atoms with Crippen LogP contribution in [-0.4, -0.2) is 122 Å². The Morgan fingerprint density at radius 2 is 0.544 bits per heavy atom. The van der Waals surface area contributed by atoms with Gasteiger partial charge >= 0.3 is 41.8 Å². The van der Waals surface area contributed by atoms with Crippen molar-refractivity contribution in [2.45, 2.75) is 61.4 Å². The van der Waals surface area contributed by atoms with E-state index in [0.717, 1.165) is 0 Å². The Morgan fingerprint density at radius 3 is 0.861 bits per heavy atom. The van der Waals surface area contributed by atoms with Crippen molar-refractivity contribution in [2.24, 2.45) is 0 Å². The lowest BCUT2D eigenvalue weighted by Crippen LogP contribution is -2.66. The molecule has 2 aliphatic rings. The molecular formula is C61H50O18. The van der Waals surface area contributed by atoms with Gasteiger partial charge in [-0.05, 0) is 84.9 Å². The van der Waals surface area contributed by atoms with Gasteiger partial charge in [0.15, 0.2) is 36.8 Å². The van der Waals surface area contributed by atoms with Crippen molar-refractivity contribution in [3.63, 3.8) is 0 Å². The molecule has 0 unspecified atom stereocenters. The summed E-state index contributed by atoms with van der Waals surface area (Å²) in [7, 11) is 0. The summed E-state index contributed by atoms with van der Waals surface area (Å²) in [5.41, 5.74) is 0.390. The molecule has 2 heterocycles. The summed E-state index contributed by atoms with van der Waals surface area (Å²) < 4.78 is 61.5. The monoisotopic (exact) mass is 1070 g/mol. The van der Waals surface area contributed by atoms with Gasteiger partial charge < -0.3 is 52.5 Å². The fourth-order valence-electron chi connectivity index (χ4n) is 8.53. The number of ether oxygens (including phenoxy) is 10. The first-order valence-electron chi connectivity index (χ1n) is 24.9. The third-order valence-electron chi connectivity index (χ3n) is 12.5. The van der Waals surface area contributed by atoms with Crippen LogP contribution in [-0.2, 0) is 47.4 Å². The molecule has 0 radical (unpaired) electrons. The van der Waals surface area contributed by atoms with Gasteiger partial charge in [-0.25, -0.2) is 33.6 Å². The van der Waals surface area contributed by atoms with Gasteiger partial charge in [-0.15, -0.1) is 0 Å². The topological polar surface area (TPSA) is 232 Å². The summed E-state index contributed by atoms with van der Waals surface area (Å²) in [4.78, 5) is 97.9. The third-order valence-corrected chi connectivity index (χ3v) is 12.5. The van der Waals surface area contributed by atoms with Gasteiger partial charge in [0.05, 0.1) is 38.9 Å². The summed E-state index contributed by atoms with van der Waals surface area (Å²) in [6.45, 7) is -1.46. The average molecular weight is 1070 g/mol. The molecule has 9 rings (SSSR count). The molecule has 18 nitrogen and oxygen atoms in total.